The van der Waals surface area contributed by atoms with Crippen molar-refractivity contribution in [1.29, 1.82) is 0 Å². The standard InChI is InChI=1S/C19H23FN2O2/c1-3-22(18-10-8-17(20)9-11-18)13-19(23)21-12-15-4-6-16(7-5-15)14-24-2/h4-11H,3,12-14H2,1-2H3,(H,21,23). The summed E-state index contributed by atoms with van der Waals surface area (Å²) < 4.78 is 18.1. The van der Waals surface area contributed by atoms with Crippen molar-refractivity contribution in [2.45, 2.75) is 20.1 Å². The number of ether oxygens (including phenoxy) is 1. The van der Waals surface area contributed by atoms with Gasteiger partial charge in [0.05, 0.1) is 13.2 Å². The van der Waals surface area contributed by atoms with E-state index in [0.29, 0.717) is 19.7 Å². The lowest BCUT2D eigenvalue weighted by Gasteiger charge is -2.22. The van der Waals surface area contributed by atoms with E-state index >= 15 is 0 Å². The maximum absolute atomic E-state index is 13.0. The molecule has 24 heavy (non-hydrogen) atoms. The third-order valence-electron chi connectivity index (χ3n) is 3.73. The Morgan fingerprint density at radius 1 is 1.08 bits per heavy atom. The summed E-state index contributed by atoms with van der Waals surface area (Å²) in [6.07, 6.45) is 0. The van der Waals surface area contributed by atoms with E-state index in [1.807, 2.05) is 36.1 Å². The summed E-state index contributed by atoms with van der Waals surface area (Å²) in [6, 6.07) is 14.1. The lowest BCUT2D eigenvalue weighted by Crippen LogP contribution is -2.36. The van der Waals surface area contributed by atoms with Gasteiger partial charge in [-0.15, -0.1) is 0 Å². The largest absolute Gasteiger partial charge is 0.380 e. The lowest BCUT2D eigenvalue weighted by molar-refractivity contribution is -0.119. The first-order chi connectivity index (χ1) is 11.6. The van der Waals surface area contributed by atoms with E-state index in [2.05, 4.69) is 5.32 Å². The number of rotatable bonds is 8. The van der Waals surface area contributed by atoms with Crippen LogP contribution < -0.4 is 10.2 Å². The molecule has 4 nitrogen and oxygen atoms in total. The van der Waals surface area contributed by atoms with Gasteiger partial charge >= 0.3 is 0 Å². The van der Waals surface area contributed by atoms with E-state index in [-0.39, 0.29) is 18.3 Å². The monoisotopic (exact) mass is 330 g/mol. The van der Waals surface area contributed by atoms with Crippen LogP contribution in [-0.4, -0.2) is 26.1 Å². The number of nitrogens with zero attached hydrogens (tertiary/aromatic N) is 1. The molecule has 2 aromatic rings. The average Bonchev–Trinajstić information content (AvgIpc) is 2.60. The minimum Gasteiger partial charge on any atom is -0.380 e. The highest BCUT2D eigenvalue weighted by Crippen LogP contribution is 2.14. The van der Waals surface area contributed by atoms with Gasteiger partial charge in [-0.2, -0.15) is 0 Å². The molecule has 0 heterocycles. The minimum atomic E-state index is -0.281. The van der Waals surface area contributed by atoms with E-state index in [1.54, 1.807) is 19.2 Å². The molecule has 0 saturated heterocycles. The zero-order valence-electron chi connectivity index (χ0n) is 14.1. The van der Waals surface area contributed by atoms with Gasteiger partial charge in [0.2, 0.25) is 5.91 Å². The zero-order valence-corrected chi connectivity index (χ0v) is 14.1. The van der Waals surface area contributed by atoms with Gasteiger partial charge in [-0.1, -0.05) is 24.3 Å². The third-order valence-corrected chi connectivity index (χ3v) is 3.73. The van der Waals surface area contributed by atoms with E-state index < -0.39 is 0 Å². The van der Waals surface area contributed by atoms with Gasteiger partial charge in [0.25, 0.3) is 0 Å². The molecule has 1 N–H and O–H groups in total. The summed E-state index contributed by atoms with van der Waals surface area (Å²) >= 11 is 0. The second-order valence-corrected chi connectivity index (χ2v) is 5.52. The van der Waals surface area contributed by atoms with E-state index in [1.165, 1.54) is 12.1 Å². The Labute approximate surface area is 142 Å². The molecule has 2 rings (SSSR count). The fraction of sp³-hybridized carbons (Fsp3) is 0.316. The second-order valence-electron chi connectivity index (χ2n) is 5.52. The molecule has 0 aliphatic rings. The first-order valence-corrected chi connectivity index (χ1v) is 7.96. The lowest BCUT2D eigenvalue weighted by atomic mass is 10.1. The van der Waals surface area contributed by atoms with Crippen molar-refractivity contribution in [3.8, 4) is 0 Å². The Morgan fingerprint density at radius 3 is 2.29 bits per heavy atom. The minimum absolute atomic E-state index is 0.0675. The van der Waals surface area contributed by atoms with Gasteiger partial charge in [0.15, 0.2) is 0 Å². The molecule has 0 aromatic heterocycles. The average molecular weight is 330 g/mol. The quantitative estimate of drug-likeness (QED) is 0.808. The Morgan fingerprint density at radius 2 is 1.71 bits per heavy atom. The summed E-state index contributed by atoms with van der Waals surface area (Å²) in [5, 5.41) is 2.91. The van der Waals surface area contributed by atoms with Gasteiger partial charge in [0, 0.05) is 25.9 Å². The van der Waals surface area contributed by atoms with Crippen LogP contribution in [0.2, 0.25) is 0 Å². The van der Waals surface area contributed by atoms with Crippen LogP contribution >= 0.6 is 0 Å². The Balaban J connectivity index is 1.86. The van der Waals surface area contributed by atoms with Gasteiger partial charge in [-0.25, -0.2) is 4.39 Å². The Hall–Kier alpha value is -2.40. The van der Waals surface area contributed by atoms with E-state index in [9.17, 15) is 9.18 Å². The van der Waals surface area contributed by atoms with Gasteiger partial charge in [-0.05, 0) is 42.3 Å². The SMILES string of the molecule is CCN(CC(=O)NCc1ccc(COC)cc1)c1ccc(F)cc1. The first-order valence-electron chi connectivity index (χ1n) is 7.96. The van der Waals surface area contributed by atoms with Crippen LogP contribution in [0.15, 0.2) is 48.5 Å². The van der Waals surface area contributed by atoms with Crippen molar-refractivity contribution in [2.75, 3.05) is 25.1 Å². The molecule has 0 unspecified atom stereocenters. The van der Waals surface area contributed by atoms with Gasteiger partial charge in [0.1, 0.15) is 5.82 Å². The predicted molar refractivity (Wildman–Crippen MR) is 93.3 cm³/mol. The summed E-state index contributed by atoms with van der Waals surface area (Å²) in [4.78, 5) is 14.0. The van der Waals surface area contributed by atoms with Crippen molar-refractivity contribution >= 4 is 11.6 Å². The number of carbonyl (C=O) groups excluding carboxylic acids is 1. The predicted octanol–water partition coefficient (Wildman–Crippen LogP) is 3.11. The number of nitrogens with one attached hydrogen (secondary N) is 1. The molecule has 0 atom stereocenters. The topological polar surface area (TPSA) is 41.6 Å². The number of halogens is 1. The molecular formula is C19H23FN2O2. The number of amides is 1. The highest BCUT2D eigenvalue weighted by Gasteiger charge is 2.10. The number of anilines is 1. The summed E-state index contributed by atoms with van der Waals surface area (Å²) in [7, 11) is 1.66. The smallest absolute Gasteiger partial charge is 0.239 e. The zero-order chi connectivity index (χ0) is 17.4. The van der Waals surface area contributed by atoms with Crippen molar-refractivity contribution in [3.05, 3.63) is 65.5 Å². The summed E-state index contributed by atoms with van der Waals surface area (Å²) in [5.41, 5.74) is 2.96. The van der Waals surface area contributed by atoms with Crippen LogP contribution in [0.1, 0.15) is 18.1 Å². The molecule has 0 radical (unpaired) electrons. The van der Waals surface area contributed by atoms with Gasteiger partial charge in [-0.3, -0.25) is 4.79 Å². The first kappa shape index (κ1) is 17.9. The summed E-state index contributed by atoms with van der Waals surface area (Å²) in [5.74, 6) is -0.349. The van der Waals surface area contributed by atoms with E-state index in [0.717, 1.165) is 16.8 Å². The number of methoxy groups -OCH3 is 1. The van der Waals surface area contributed by atoms with Crippen molar-refractivity contribution in [1.82, 2.24) is 5.32 Å². The van der Waals surface area contributed by atoms with Gasteiger partial charge < -0.3 is 15.0 Å². The van der Waals surface area contributed by atoms with Crippen molar-refractivity contribution in [3.63, 3.8) is 0 Å². The molecule has 0 fully saturated rings. The fourth-order valence-electron chi connectivity index (χ4n) is 2.39. The van der Waals surface area contributed by atoms with Crippen LogP contribution in [0, 0.1) is 5.82 Å². The molecule has 5 heteroatoms. The number of hydrogen-bond donors (Lipinski definition) is 1. The van der Waals surface area contributed by atoms with Crippen LogP contribution in [0.25, 0.3) is 0 Å². The number of hydrogen-bond acceptors (Lipinski definition) is 3. The summed E-state index contributed by atoms with van der Waals surface area (Å²) in [6.45, 7) is 3.93. The van der Waals surface area contributed by atoms with Crippen LogP contribution in [0.4, 0.5) is 10.1 Å². The molecule has 0 aliphatic heterocycles. The maximum atomic E-state index is 13.0. The Kier molecular flexibility index (Phi) is 6.75. The maximum Gasteiger partial charge on any atom is 0.239 e. The van der Waals surface area contributed by atoms with Crippen molar-refractivity contribution < 1.29 is 13.9 Å². The molecule has 2 aromatic carbocycles. The van der Waals surface area contributed by atoms with Crippen molar-refractivity contribution in [2.24, 2.45) is 0 Å². The fourth-order valence-corrected chi connectivity index (χ4v) is 2.39. The molecule has 0 spiro atoms. The highest BCUT2D eigenvalue weighted by atomic mass is 19.1. The van der Waals surface area contributed by atoms with Crippen LogP contribution in [-0.2, 0) is 22.7 Å². The molecule has 1 amide bonds. The second kappa shape index (κ2) is 9.03. The number of likely N-dealkylation sites (N-methyl/N-ethyl adjacent to an activating group) is 1. The Bertz CT molecular complexity index is 641. The molecule has 0 bridgehead atoms. The normalized spacial score (nSPS) is 10.5. The molecule has 128 valence electrons. The van der Waals surface area contributed by atoms with Crippen LogP contribution in [0.3, 0.4) is 0 Å². The van der Waals surface area contributed by atoms with E-state index in [4.69, 9.17) is 4.74 Å². The number of carbonyl (C=O) groups is 1. The molecular weight excluding hydrogens is 307 g/mol. The number of benzene rings is 2. The highest BCUT2D eigenvalue weighted by molar-refractivity contribution is 5.81. The van der Waals surface area contributed by atoms with Crippen LogP contribution in [0.5, 0.6) is 0 Å². The molecule has 0 saturated carbocycles. The third kappa shape index (κ3) is 5.35. The molecule has 0 aliphatic carbocycles.